The zero-order valence-electron chi connectivity index (χ0n) is 11.0. The highest BCUT2D eigenvalue weighted by Gasteiger charge is 2.48. The second-order valence-electron chi connectivity index (χ2n) is 5.74. The first-order valence-corrected chi connectivity index (χ1v) is 6.97. The standard InChI is InChI=1S/C15H20N2O2/c16-13-10-17(11-15(13)8-4-5-9-15)14(18)19-12-6-2-1-3-7-12/h1-3,6-7,13H,4-5,8-11,16H2/t13-/m1/s1. The molecule has 2 N–H and O–H groups in total. The molecule has 4 heteroatoms. The van der Waals surface area contributed by atoms with Crippen LogP contribution in [0.1, 0.15) is 25.7 Å². The van der Waals surface area contributed by atoms with Crippen LogP contribution >= 0.6 is 0 Å². The lowest BCUT2D eigenvalue weighted by molar-refractivity contribution is 0.155. The molecule has 1 aliphatic heterocycles. The summed E-state index contributed by atoms with van der Waals surface area (Å²) in [4.78, 5) is 13.9. The van der Waals surface area contributed by atoms with Crippen LogP contribution in [0.25, 0.3) is 0 Å². The molecule has 0 aromatic heterocycles. The molecule has 0 radical (unpaired) electrons. The van der Waals surface area contributed by atoms with Gasteiger partial charge in [-0.25, -0.2) is 4.79 Å². The number of amides is 1. The smallest absolute Gasteiger partial charge is 0.410 e. The van der Waals surface area contributed by atoms with Crippen LogP contribution in [0, 0.1) is 5.41 Å². The Morgan fingerprint density at radius 3 is 2.63 bits per heavy atom. The van der Waals surface area contributed by atoms with E-state index in [0.29, 0.717) is 12.3 Å². The lowest BCUT2D eigenvalue weighted by Gasteiger charge is -2.26. The normalized spacial score (nSPS) is 24.9. The number of carbonyl (C=O) groups is 1. The highest BCUT2D eigenvalue weighted by molar-refractivity contribution is 5.71. The van der Waals surface area contributed by atoms with Crippen LogP contribution in [0.3, 0.4) is 0 Å². The summed E-state index contributed by atoms with van der Waals surface area (Å²) in [5, 5.41) is 0. The summed E-state index contributed by atoms with van der Waals surface area (Å²) in [6, 6.07) is 9.29. The van der Waals surface area contributed by atoms with E-state index >= 15 is 0 Å². The molecule has 1 spiro atoms. The van der Waals surface area contributed by atoms with Crippen LogP contribution < -0.4 is 10.5 Å². The maximum Gasteiger partial charge on any atom is 0.415 e. The van der Waals surface area contributed by atoms with Crippen LogP contribution in [0.4, 0.5) is 4.79 Å². The van der Waals surface area contributed by atoms with Gasteiger partial charge in [-0.3, -0.25) is 0 Å². The summed E-state index contributed by atoms with van der Waals surface area (Å²) < 4.78 is 5.38. The molecule has 1 saturated carbocycles. The van der Waals surface area contributed by atoms with Crippen molar-refractivity contribution in [2.24, 2.45) is 11.1 Å². The Kier molecular flexibility index (Phi) is 3.19. The number of rotatable bonds is 1. The number of nitrogens with zero attached hydrogens (tertiary/aromatic N) is 1. The molecule has 0 bridgehead atoms. The average molecular weight is 260 g/mol. The Labute approximate surface area is 113 Å². The van der Waals surface area contributed by atoms with Crippen molar-refractivity contribution in [2.45, 2.75) is 31.7 Å². The fraction of sp³-hybridized carbons (Fsp3) is 0.533. The molecule has 0 unspecified atom stereocenters. The molecule has 2 fully saturated rings. The van der Waals surface area contributed by atoms with Crippen LogP contribution in [0.2, 0.25) is 0 Å². The Morgan fingerprint density at radius 2 is 1.95 bits per heavy atom. The maximum atomic E-state index is 12.1. The Morgan fingerprint density at radius 1 is 1.26 bits per heavy atom. The molecule has 1 heterocycles. The van der Waals surface area contributed by atoms with Gasteiger partial charge in [0.15, 0.2) is 0 Å². The van der Waals surface area contributed by atoms with E-state index in [1.807, 2.05) is 18.2 Å². The number of hydrogen-bond donors (Lipinski definition) is 1. The first-order valence-electron chi connectivity index (χ1n) is 6.97. The third-order valence-corrected chi connectivity index (χ3v) is 4.52. The van der Waals surface area contributed by atoms with E-state index in [-0.39, 0.29) is 17.6 Å². The van der Waals surface area contributed by atoms with Gasteiger partial charge in [0.05, 0.1) is 0 Å². The first kappa shape index (κ1) is 12.5. The van der Waals surface area contributed by atoms with Gasteiger partial charge in [0.1, 0.15) is 5.75 Å². The van der Waals surface area contributed by atoms with Crippen molar-refractivity contribution >= 4 is 6.09 Å². The Hall–Kier alpha value is -1.55. The third-order valence-electron chi connectivity index (χ3n) is 4.52. The van der Waals surface area contributed by atoms with Gasteiger partial charge in [-0.2, -0.15) is 0 Å². The van der Waals surface area contributed by atoms with E-state index in [9.17, 15) is 4.79 Å². The van der Waals surface area contributed by atoms with Crippen LogP contribution in [-0.4, -0.2) is 30.1 Å². The van der Waals surface area contributed by atoms with Crippen molar-refractivity contribution < 1.29 is 9.53 Å². The van der Waals surface area contributed by atoms with Gasteiger partial charge in [-0.15, -0.1) is 0 Å². The first-order chi connectivity index (χ1) is 9.20. The molecule has 1 saturated heterocycles. The molecule has 3 rings (SSSR count). The molecule has 102 valence electrons. The second kappa shape index (κ2) is 4.85. The van der Waals surface area contributed by atoms with Crippen molar-refractivity contribution in [1.82, 2.24) is 4.90 Å². The average Bonchev–Trinajstić information content (AvgIpc) is 3.01. The molecule has 1 aromatic rings. The molecule has 19 heavy (non-hydrogen) atoms. The minimum absolute atomic E-state index is 0.0957. The lowest BCUT2D eigenvalue weighted by atomic mass is 9.82. The molecule has 1 amide bonds. The molecule has 1 atom stereocenters. The van der Waals surface area contributed by atoms with Crippen molar-refractivity contribution in [3.8, 4) is 5.75 Å². The minimum Gasteiger partial charge on any atom is -0.410 e. The van der Waals surface area contributed by atoms with Crippen molar-refractivity contribution in [2.75, 3.05) is 13.1 Å². The van der Waals surface area contributed by atoms with Crippen LogP contribution in [0.5, 0.6) is 5.75 Å². The van der Waals surface area contributed by atoms with Gasteiger partial charge in [0.25, 0.3) is 0 Å². The summed E-state index contributed by atoms with van der Waals surface area (Å²) in [6.45, 7) is 1.37. The van der Waals surface area contributed by atoms with Gasteiger partial charge in [0, 0.05) is 24.5 Å². The number of carbonyl (C=O) groups excluding carboxylic acids is 1. The zero-order valence-corrected chi connectivity index (χ0v) is 11.0. The van der Waals surface area contributed by atoms with Crippen molar-refractivity contribution in [3.63, 3.8) is 0 Å². The number of para-hydroxylation sites is 1. The summed E-state index contributed by atoms with van der Waals surface area (Å²) >= 11 is 0. The van der Waals surface area contributed by atoms with Gasteiger partial charge in [0.2, 0.25) is 0 Å². The Balaban J connectivity index is 1.66. The predicted octanol–water partition coefficient (Wildman–Crippen LogP) is 2.39. The Bertz CT molecular complexity index is 454. The van der Waals surface area contributed by atoms with Crippen LogP contribution in [-0.2, 0) is 0 Å². The molecular formula is C15H20N2O2. The largest absolute Gasteiger partial charge is 0.415 e. The fourth-order valence-electron chi connectivity index (χ4n) is 3.39. The summed E-state index contributed by atoms with van der Waals surface area (Å²) in [6.07, 6.45) is 4.47. The maximum absolute atomic E-state index is 12.1. The minimum atomic E-state index is -0.273. The van der Waals surface area contributed by atoms with E-state index in [2.05, 4.69) is 0 Å². The molecule has 4 nitrogen and oxygen atoms in total. The van der Waals surface area contributed by atoms with Crippen LogP contribution in [0.15, 0.2) is 30.3 Å². The van der Waals surface area contributed by atoms with Crippen molar-refractivity contribution in [1.29, 1.82) is 0 Å². The van der Waals surface area contributed by atoms with E-state index < -0.39 is 0 Å². The quantitative estimate of drug-likeness (QED) is 0.843. The van der Waals surface area contributed by atoms with E-state index in [1.54, 1.807) is 17.0 Å². The SMILES string of the molecule is N[C@@H]1CN(C(=O)Oc2ccccc2)CC12CCCC2. The summed E-state index contributed by atoms with van der Waals surface area (Å²) in [5.74, 6) is 0.591. The van der Waals surface area contributed by atoms with Gasteiger partial charge >= 0.3 is 6.09 Å². The number of nitrogens with two attached hydrogens (primary N) is 1. The summed E-state index contributed by atoms with van der Waals surface area (Å²) in [5.41, 5.74) is 6.40. The monoisotopic (exact) mass is 260 g/mol. The highest BCUT2D eigenvalue weighted by atomic mass is 16.6. The summed E-state index contributed by atoms with van der Waals surface area (Å²) in [7, 11) is 0. The molecule has 2 aliphatic rings. The second-order valence-corrected chi connectivity index (χ2v) is 5.74. The number of hydrogen-bond acceptors (Lipinski definition) is 3. The predicted molar refractivity (Wildman–Crippen MR) is 72.9 cm³/mol. The topological polar surface area (TPSA) is 55.6 Å². The van der Waals surface area contributed by atoms with E-state index in [1.165, 1.54) is 12.8 Å². The number of benzene rings is 1. The van der Waals surface area contributed by atoms with Gasteiger partial charge in [-0.1, -0.05) is 31.0 Å². The zero-order chi connectivity index (χ0) is 13.3. The van der Waals surface area contributed by atoms with Crippen molar-refractivity contribution in [3.05, 3.63) is 30.3 Å². The lowest BCUT2D eigenvalue weighted by Crippen LogP contribution is -2.38. The number of ether oxygens (including phenoxy) is 1. The van der Waals surface area contributed by atoms with E-state index in [0.717, 1.165) is 19.4 Å². The highest BCUT2D eigenvalue weighted by Crippen LogP contribution is 2.44. The molecule has 1 aromatic carbocycles. The van der Waals surface area contributed by atoms with Gasteiger partial charge in [-0.05, 0) is 25.0 Å². The fourth-order valence-corrected chi connectivity index (χ4v) is 3.39. The molecule has 1 aliphatic carbocycles. The molecular weight excluding hydrogens is 240 g/mol. The van der Waals surface area contributed by atoms with Gasteiger partial charge < -0.3 is 15.4 Å². The number of likely N-dealkylation sites (tertiary alicyclic amines) is 1. The van der Waals surface area contributed by atoms with E-state index in [4.69, 9.17) is 10.5 Å². The third kappa shape index (κ3) is 2.32.